The number of likely N-dealkylation sites (N-methyl/N-ethyl adjacent to an activating group) is 1. The van der Waals surface area contributed by atoms with E-state index in [4.69, 9.17) is 4.98 Å². The molecular weight excluding hydrogens is 442 g/mol. The third kappa shape index (κ3) is 3.79. The molecule has 1 saturated heterocycles. The molecule has 5 rings (SSSR count). The zero-order valence-corrected chi connectivity index (χ0v) is 19.3. The molecule has 0 spiro atoms. The lowest BCUT2D eigenvalue weighted by Gasteiger charge is -2.26. The van der Waals surface area contributed by atoms with E-state index >= 15 is 0 Å². The van der Waals surface area contributed by atoms with Crippen molar-refractivity contribution in [2.75, 3.05) is 20.1 Å². The first-order valence-corrected chi connectivity index (χ1v) is 12.8. The number of likely N-dealkylation sites (tertiary alicyclic amines) is 1. The Morgan fingerprint density at radius 1 is 1.09 bits per heavy atom. The molecule has 2 heterocycles. The highest BCUT2D eigenvalue weighted by molar-refractivity contribution is 7.89. The number of nitrogens with zero attached hydrogens (tertiary/aromatic N) is 3. The molecule has 0 saturated carbocycles. The Morgan fingerprint density at radius 3 is 2.66 bits per heavy atom. The maximum absolute atomic E-state index is 13.1. The van der Waals surface area contributed by atoms with Crippen LogP contribution in [0.5, 0.6) is 0 Å². The number of carbonyl (C=O) groups excluding carboxylic acids is 1. The second-order valence-corrected chi connectivity index (χ2v) is 11.1. The van der Waals surface area contributed by atoms with Gasteiger partial charge in [-0.3, -0.25) is 4.79 Å². The van der Waals surface area contributed by atoms with Crippen molar-refractivity contribution in [3.05, 3.63) is 71.7 Å². The number of para-hydroxylation sites is 1. The molecule has 8 heteroatoms. The van der Waals surface area contributed by atoms with Crippen LogP contribution in [0.15, 0.2) is 71.6 Å². The fourth-order valence-electron chi connectivity index (χ4n) is 4.23. The van der Waals surface area contributed by atoms with Gasteiger partial charge in [-0.05, 0) is 47.9 Å². The van der Waals surface area contributed by atoms with Gasteiger partial charge in [0, 0.05) is 13.6 Å². The molecule has 0 N–H and O–H groups in total. The number of hydrogen-bond acceptors (Lipinski definition) is 5. The maximum atomic E-state index is 13.1. The minimum Gasteiger partial charge on any atom is -0.332 e. The van der Waals surface area contributed by atoms with Gasteiger partial charge in [-0.1, -0.05) is 42.5 Å². The van der Waals surface area contributed by atoms with Crippen molar-refractivity contribution in [2.45, 2.75) is 23.8 Å². The lowest BCUT2D eigenvalue weighted by molar-refractivity contribution is -0.132. The quantitative estimate of drug-likeness (QED) is 0.437. The highest BCUT2D eigenvalue weighted by Crippen LogP contribution is 2.36. The Morgan fingerprint density at radius 2 is 1.84 bits per heavy atom. The molecule has 1 fully saturated rings. The summed E-state index contributed by atoms with van der Waals surface area (Å²) in [6.07, 6.45) is 1.72. The van der Waals surface area contributed by atoms with Gasteiger partial charge >= 0.3 is 0 Å². The summed E-state index contributed by atoms with van der Waals surface area (Å²) >= 11 is 1.60. The van der Waals surface area contributed by atoms with Crippen LogP contribution in [0, 0.1) is 0 Å². The van der Waals surface area contributed by atoms with Gasteiger partial charge in [0.25, 0.3) is 0 Å². The van der Waals surface area contributed by atoms with E-state index in [2.05, 4.69) is 0 Å². The first kappa shape index (κ1) is 21.1. The number of fused-ring (bicyclic) bond motifs is 2. The van der Waals surface area contributed by atoms with Gasteiger partial charge in [0.2, 0.25) is 15.9 Å². The lowest BCUT2D eigenvalue weighted by Crippen LogP contribution is -2.40. The smallest absolute Gasteiger partial charge is 0.243 e. The highest BCUT2D eigenvalue weighted by Gasteiger charge is 2.34. The van der Waals surface area contributed by atoms with Gasteiger partial charge in [-0.25, -0.2) is 13.4 Å². The monoisotopic (exact) mass is 465 g/mol. The van der Waals surface area contributed by atoms with Gasteiger partial charge in [-0.15, -0.1) is 11.3 Å². The number of carbonyl (C=O) groups is 1. The largest absolute Gasteiger partial charge is 0.332 e. The number of hydrogen-bond donors (Lipinski definition) is 0. The summed E-state index contributed by atoms with van der Waals surface area (Å²) in [7, 11) is -2.32. The predicted molar refractivity (Wildman–Crippen MR) is 127 cm³/mol. The third-order valence-corrected chi connectivity index (χ3v) is 8.89. The Balaban J connectivity index is 1.35. The van der Waals surface area contributed by atoms with E-state index in [1.807, 2.05) is 48.5 Å². The molecule has 164 valence electrons. The van der Waals surface area contributed by atoms with Crippen LogP contribution in [0.1, 0.15) is 23.9 Å². The second kappa shape index (κ2) is 8.27. The molecule has 0 bridgehead atoms. The topological polar surface area (TPSA) is 70.6 Å². The van der Waals surface area contributed by atoms with Crippen molar-refractivity contribution < 1.29 is 13.2 Å². The van der Waals surface area contributed by atoms with E-state index in [0.29, 0.717) is 6.54 Å². The van der Waals surface area contributed by atoms with Crippen LogP contribution in [0.4, 0.5) is 0 Å². The zero-order chi connectivity index (χ0) is 22.3. The van der Waals surface area contributed by atoms with Gasteiger partial charge in [-0.2, -0.15) is 4.31 Å². The van der Waals surface area contributed by atoms with Gasteiger partial charge in [0.15, 0.2) is 0 Å². The van der Waals surface area contributed by atoms with Crippen LogP contribution in [0.3, 0.4) is 0 Å². The van der Waals surface area contributed by atoms with Crippen LogP contribution in [-0.4, -0.2) is 48.7 Å². The number of benzene rings is 3. The van der Waals surface area contributed by atoms with Gasteiger partial charge in [0.1, 0.15) is 5.01 Å². The van der Waals surface area contributed by atoms with Crippen molar-refractivity contribution in [2.24, 2.45) is 0 Å². The van der Waals surface area contributed by atoms with E-state index in [9.17, 15) is 13.2 Å². The molecule has 1 aliphatic rings. The molecule has 4 aromatic rings. The summed E-state index contributed by atoms with van der Waals surface area (Å²) in [5, 5.41) is 2.74. The predicted octanol–water partition coefficient (Wildman–Crippen LogP) is 4.43. The number of sulfonamides is 1. The Labute approximate surface area is 191 Å². The fraction of sp³-hybridized carbons (Fsp3) is 0.250. The van der Waals surface area contributed by atoms with E-state index in [-0.39, 0.29) is 23.4 Å². The summed E-state index contributed by atoms with van der Waals surface area (Å²) in [6.45, 7) is 0.417. The van der Waals surface area contributed by atoms with Crippen LogP contribution in [0.25, 0.3) is 21.0 Å². The molecule has 3 aromatic carbocycles. The average Bonchev–Trinajstić information content (AvgIpc) is 3.45. The summed E-state index contributed by atoms with van der Waals surface area (Å²) < 4.78 is 28.5. The minimum absolute atomic E-state index is 0.100. The number of thiazole rings is 1. The average molecular weight is 466 g/mol. The fourth-order valence-corrected chi connectivity index (χ4v) is 6.50. The molecule has 1 aromatic heterocycles. The summed E-state index contributed by atoms with van der Waals surface area (Å²) in [4.78, 5) is 19.8. The van der Waals surface area contributed by atoms with E-state index in [0.717, 1.165) is 43.1 Å². The van der Waals surface area contributed by atoms with E-state index in [1.54, 1.807) is 34.4 Å². The SMILES string of the molecule is CN(CC(=O)N1CCCC1c1nc2ccccc2s1)S(=O)(=O)c1ccc2ccccc2c1. The van der Waals surface area contributed by atoms with Crippen molar-refractivity contribution in [3.63, 3.8) is 0 Å². The number of rotatable bonds is 5. The highest BCUT2D eigenvalue weighted by atomic mass is 32.2. The molecular formula is C24H23N3O3S2. The van der Waals surface area contributed by atoms with E-state index in [1.165, 1.54) is 7.05 Å². The van der Waals surface area contributed by atoms with Crippen LogP contribution in [-0.2, 0) is 14.8 Å². The number of amides is 1. The maximum Gasteiger partial charge on any atom is 0.243 e. The molecule has 32 heavy (non-hydrogen) atoms. The molecule has 1 atom stereocenters. The minimum atomic E-state index is -3.78. The van der Waals surface area contributed by atoms with Crippen LogP contribution < -0.4 is 0 Å². The Hall–Kier alpha value is -2.81. The Bertz CT molecular complexity index is 1380. The van der Waals surface area contributed by atoms with Crippen molar-refractivity contribution in [1.82, 2.24) is 14.2 Å². The van der Waals surface area contributed by atoms with Crippen molar-refractivity contribution in [1.29, 1.82) is 0 Å². The molecule has 1 unspecified atom stereocenters. The number of aromatic nitrogens is 1. The summed E-state index contributed by atoms with van der Waals surface area (Å²) in [6, 6.07) is 20.5. The van der Waals surface area contributed by atoms with Gasteiger partial charge in [0.05, 0.1) is 27.7 Å². The Kier molecular flexibility index (Phi) is 5.44. The summed E-state index contributed by atoms with van der Waals surface area (Å²) in [5.74, 6) is -0.196. The normalized spacial score (nSPS) is 16.9. The van der Waals surface area contributed by atoms with Crippen molar-refractivity contribution >= 4 is 48.3 Å². The van der Waals surface area contributed by atoms with Crippen LogP contribution >= 0.6 is 11.3 Å². The molecule has 0 aliphatic carbocycles. The van der Waals surface area contributed by atoms with Gasteiger partial charge < -0.3 is 4.90 Å². The lowest BCUT2D eigenvalue weighted by atomic mass is 10.1. The molecule has 1 aliphatic heterocycles. The molecule has 1 amide bonds. The first-order chi connectivity index (χ1) is 15.4. The molecule has 0 radical (unpaired) electrons. The second-order valence-electron chi connectivity index (χ2n) is 8.04. The summed E-state index contributed by atoms with van der Waals surface area (Å²) in [5.41, 5.74) is 0.933. The van der Waals surface area contributed by atoms with Crippen molar-refractivity contribution in [3.8, 4) is 0 Å². The standard InChI is InChI=1S/C24H23N3O3S2/c1-26(32(29,30)19-13-12-17-7-2-3-8-18(17)15-19)16-23(28)27-14-6-10-21(27)24-25-20-9-4-5-11-22(20)31-24/h2-5,7-9,11-13,15,21H,6,10,14,16H2,1H3. The first-order valence-electron chi connectivity index (χ1n) is 10.5. The van der Waals surface area contributed by atoms with Crippen LogP contribution in [0.2, 0.25) is 0 Å². The van der Waals surface area contributed by atoms with E-state index < -0.39 is 10.0 Å². The zero-order valence-electron chi connectivity index (χ0n) is 17.6. The third-order valence-electron chi connectivity index (χ3n) is 5.96. The molecule has 6 nitrogen and oxygen atoms in total.